The van der Waals surface area contributed by atoms with E-state index in [0.717, 1.165) is 54.3 Å². The van der Waals surface area contributed by atoms with Crippen LogP contribution >= 0.6 is 0 Å². The summed E-state index contributed by atoms with van der Waals surface area (Å²) in [6.45, 7) is 12.7. The van der Waals surface area contributed by atoms with Crippen LogP contribution in [0.2, 0.25) is 0 Å². The van der Waals surface area contributed by atoms with Crippen molar-refractivity contribution in [3.8, 4) is 0 Å². The van der Waals surface area contributed by atoms with E-state index in [-0.39, 0.29) is 13.5 Å². The number of aliphatic hydroxyl groups is 1. The Morgan fingerprint density at radius 2 is 1.04 bits per heavy atom. The van der Waals surface area contributed by atoms with E-state index in [1.165, 1.54) is 88.2 Å². The third-order valence-corrected chi connectivity index (χ3v) is 17.5. The van der Waals surface area contributed by atoms with E-state index in [1.807, 2.05) is 24.2 Å². The second kappa shape index (κ2) is 13.8. The van der Waals surface area contributed by atoms with Crippen LogP contribution in [-0.2, 0) is 0 Å². The van der Waals surface area contributed by atoms with Crippen LogP contribution < -0.4 is 0 Å². The van der Waals surface area contributed by atoms with Crippen molar-refractivity contribution in [3.05, 3.63) is 95.6 Å². The number of rotatable bonds is 2. The van der Waals surface area contributed by atoms with Crippen molar-refractivity contribution in [2.45, 2.75) is 138 Å². The van der Waals surface area contributed by atoms with Gasteiger partial charge in [0.15, 0.2) is 0 Å². The highest BCUT2D eigenvalue weighted by atomic mass is 16.3. The second-order valence-corrected chi connectivity index (χ2v) is 19.9. The lowest BCUT2D eigenvalue weighted by atomic mass is 9.47. The maximum Gasteiger partial charge on any atom is 0.0577 e. The van der Waals surface area contributed by atoms with E-state index < -0.39 is 0 Å². The molecule has 0 aromatic carbocycles. The lowest BCUT2D eigenvalue weighted by Crippen LogP contribution is -2.49. The van der Waals surface area contributed by atoms with Gasteiger partial charge in [0.1, 0.15) is 0 Å². The zero-order valence-corrected chi connectivity index (χ0v) is 32.8. The molecule has 8 aliphatic carbocycles. The first-order chi connectivity index (χ1) is 25.0. The van der Waals surface area contributed by atoms with Crippen LogP contribution in [0, 0.1) is 63.1 Å². The van der Waals surface area contributed by atoms with Crippen molar-refractivity contribution < 1.29 is 5.11 Å². The van der Waals surface area contributed by atoms with E-state index in [4.69, 9.17) is 0 Å². The Kier molecular flexibility index (Phi) is 9.64. The van der Waals surface area contributed by atoms with Crippen molar-refractivity contribution in [1.29, 1.82) is 0 Å². The Morgan fingerprint density at radius 3 is 1.53 bits per heavy atom. The highest BCUT2D eigenvalue weighted by Gasteiger charge is 2.58. The van der Waals surface area contributed by atoms with Gasteiger partial charge in [-0.2, -0.15) is 0 Å². The van der Waals surface area contributed by atoms with E-state index >= 15 is 0 Å². The number of nitrogens with zero attached hydrogens (tertiary/aromatic N) is 2. The normalized spacial score (nSPS) is 43.6. The number of allylic oxidation sites excluding steroid dienone is 7. The molecule has 0 bridgehead atoms. The molecular weight excluding hydrogens is 645 g/mol. The van der Waals surface area contributed by atoms with E-state index in [9.17, 15) is 5.11 Å². The van der Waals surface area contributed by atoms with Crippen LogP contribution in [0.25, 0.3) is 11.1 Å². The van der Waals surface area contributed by atoms with Crippen molar-refractivity contribution in [3.63, 3.8) is 0 Å². The summed E-state index contributed by atoms with van der Waals surface area (Å²) in [5.74, 6) is 5.86. The van der Waals surface area contributed by atoms with E-state index in [0.29, 0.717) is 21.7 Å². The maximum absolute atomic E-state index is 10.2. The number of aromatic nitrogens is 2. The SMILES string of the molecule is C.C[C@H]1CC[C@@]2(C)C(=CCC3C2CC[C@]2(C)C(c4cccnc4)=CCC32)C1.C[C@]12CC[C@H](O)CC1=CCC1C2CC[C@]2(C)C(c3cccnc3)=CCC12. The predicted octanol–water partition coefficient (Wildman–Crippen LogP) is 12.7. The maximum atomic E-state index is 10.2. The molecule has 10 rings (SSSR count). The fourth-order valence-electron chi connectivity index (χ4n) is 14.6. The molecule has 2 aromatic heterocycles. The standard InChI is InChI=1S/C25H33N.C24H31NO.CH4/c1-17-10-12-24(2)19(15-17)6-7-20-22-9-8-21(18-5-4-14-26-16-18)25(22,3)13-11-23(20)24;1-23-11-9-18(26)14-17(23)5-6-19-21-8-7-20(16-4-3-13-25-15-16)24(21,2)12-10-22(19)23;/h4-6,8,14,16-17,20,22-23H,7,9-13,15H2,1-3H3;3-5,7,13,15,18-19,21-22,26H,6,8-12,14H2,1-2H3;1H4/t17-,20?,22?,23?,24-,25+;18-,19?,21?,22?,23-,24+;/m00./s1. The summed E-state index contributed by atoms with van der Waals surface area (Å²) in [6, 6.07) is 8.67. The molecule has 2 aromatic rings. The predicted molar refractivity (Wildman–Crippen MR) is 221 cm³/mol. The third-order valence-electron chi connectivity index (χ3n) is 17.5. The van der Waals surface area contributed by atoms with Gasteiger partial charge in [-0.3, -0.25) is 9.97 Å². The van der Waals surface area contributed by atoms with Crippen molar-refractivity contribution in [2.24, 2.45) is 63.1 Å². The summed E-state index contributed by atoms with van der Waals surface area (Å²) in [4.78, 5) is 8.78. The molecule has 284 valence electrons. The molecule has 0 aliphatic heterocycles. The van der Waals surface area contributed by atoms with Crippen molar-refractivity contribution in [2.75, 3.05) is 0 Å². The number of fused-ring (bicyclic) bond motifs is 10. The van der Waals surface area contributed by atoms with Gasteiger partial charge in [0.2, 0.25) is 0 Å². The first-order valence-corrected chi connectivity index (χ1v) is 21.3. The highest BCUT2D eigenvalue weighted by molar-refractivity contribution is 5.73. The van der Waals surface area contributed by atoms with Crippen LogP contribution in [0.1, 0.15) is 143 Å². The van der Waals surface area contributed by atoms with Gasteiger partial charge >= 0.3 is 0 Å². The van der Waals surface area contributed by atoms with Crippen LogP contribution in [0.3, 0.4) is 0 Å². The zero-order chi connectivity index (χ0) is 35.9. The summed E-state index contributed by atoms with van der Waals surface area (Å²) in [6.07, 6.45) is 35.8. The number of hydrogen-bond donors (Lipinski definition) is 1. The van der Waals surface area contributed by atoms with Gasteiger partial charge in [-0.05, 0) is 187 Å². The minimum atomic E-state index is -0.106. The Morgan fingerprint density at radius 1 is 0.566 bits per heavy atom. The van der Waals surface area contributed by atoms with Gasteiger partial charge in [-0.15, -0.1) is 0 Å². The summed E-state index contributed by atoms with van der Waals surface area (Å²) in [5.41, 5.74) is 10.7. The first-order valence-electron chi connectivity index (χ1n) is 21.3. The number of aliphatic hydroxyl groups excluding tert-OH is 1. The van der Waals surface area contributed by atoms with Gasteiger partial charge in [0, 0.05) is 24.8 Å². The van der Waals surface area contributed by atoms with Crippen LogP contribution in [0.4, 0.5) is 0 Å². The van der Waals surface area contributed by atoms with Crippen molar-refractivity contribution >= 4 is 11.1 Å². The molecule has 0 radical (unpaired) electrons. The summed E-state index contributed by atoms with van der Waals surface area (Å²) < 4.78 is 0. The van der Waals surface area contributed by atoms with Gasteiger partial charge < -0.3 is 5.11 Å². The zero-order valence-electron chi connectivity index (χ0n) is 32.8. The second-order valence-electron chi connectivity index (χ2n) is 19.9. The molecule has 3 heteroatoms. The average molecular weight is 713 g/mol. The molecule has 0 amide bonds. The van der Waals surface area contributed by atoms with Crippen LogP contribution in [0.15, 0.2) is 84.5 Å². The summed E-state index contributed by atoms with van der Waals surface area (Å²) in [7, 11) is 0. The van der Waals surface area contributed by atoms with Gasteiger partial charge in [0.25, 0.3) is 0 Å². The topological polar surface area (TPSA) is 46.0 Å². The van der Waals surface area contributed by atoms with E-state index in [1.54, 1.807) is 16.7 Å². The molecule has 53 heavy (non-hydrogen) atoms. The average Bonchev–Trinajstić information content (AvgIpc) is 3.70. The molecule has 1 N–H and O–H groups in total. The van der Waals surface area contributed by atoms with Crippen LogP contribution in [-0.4, -0.2) is 21.2 Å². The molecule has 3 nitrogen and oxygen atoms in total. The summed E-state index contributed by atoms with van der Waals surface area (Å²) >= 11 is 0. The Bertz CT molecular complexity index is 1660. The van der Waals surface area contributed by atoms with E-state index in [2.05, 4.69) is 99.4 Å². The number of hydrogen-bond acceptors (Lipinski definition) is 3. The first kappa shape index (κ1) is 37.2. The quantitative estimate of drug-likeness (QED) is 0.315. The molecule has 0 spiro atoms. The van der Waals surface area contributed by atoms with Gasteiger partial charge in [0.05, 0.1) is 6.10 Å². The molecule has 4 fully saturated rings. The monoisotopic (exact) mass is 713 g/mol. The van der Waals surface area contributed by atoms with Gasteiger partial charge in [-0.25, -0.2) is 0 Å². The largest absolute Gasteiger partial charge is 0.393 e. The lowest BCUT2D eigenvalue weighted by molar-refractivity contribution is -0.0238. The number of pyridine rings is 2. The fraction of sp³-hybridized carbons (Fsp3) is 0.640. The smallest absolute Gasteiger partial charge is 0.0577 e. The fourth-order valence-corrected chi connectivity index (χ4v) is 14.6. The lowest BCUT2D eigenvalue weighted by Gasteiger charge is -2.58. The molecule has 4 saturated carbocycles. The minimum absolute atomic E-state index is 0. The van der Waals surface area contributed by atoms with Crippen molar-refractivity contribution in [1.82, 2.24) is 9.97 Å². The molecule has 12 atom stereocenters. The Balaban J connectivity index is 0.000000148. The highest BCUT2D eigenvalue weighted by Crippen LogP contribution is 2.68. The molecule has 6 unspecified atom stereocenters. The minimum Gasteiger partial charge on any atom is -0.393 e. The molecule has 8 aliphatic rings. The summed E-state index contributed by atoms with van der Waals surface area (Å²) in [5, 5.41) is 10.2. The Labute approximate surface area is 322 Å². The molecular formula is C50H68N2O. The Hall–Kier alpha value is -2.78. The molecule has 0 saturated heterocycles. The third kappa shape index (κ3) is 5.83. The van der Waals surface area contributed by atoms with Gasteiger partial charge in [-0.1, -0.05) is 89.6 Å². The molecule has 2 heterocycles. The van der Waals surface area contributed by atoms with Crippen LogP contribution in [0.5, 0.6) is 0 Å².